The average molecular weight is 299 g/mol. The monoisotopic (exact) mass is 298 g/mol. The molecule has 1 saturated heterocycles. The molecule has 2 N–H and O–H groups in total. The standard InChI is InChI=1S/C16H24ClNO2/c1-12-5-7-18(8-6-12)10-15(19)11-20-16-4-3-14(17)9-13(16)2/h3-4,9,12,15,19H,5-8,10-11H2,1-2H3/p+1. The molecule has 1 atom stereocenters. The van der Waals surface area contributed by atoms with Gasteiger partial charge < -0.3 is 14.7 Å². The number of rotatable bonds is 5. The van der Waals surface area contributed by atoms with Crippen LogP contribution in [0, 0.1) is 12.8 Å². The number of ether oxygens (including phenoxy) is 1. The van der Waals surface area contributed by atoms with E-state index in [1.807, 2.05) is 25.1 Å². The van der Waals surface area contributed by atoms with Crippen molar-refractivity contribution in [2.75, 3.05) is 26.2 Å². The quantitative estimate of drug-likeness (QED) is 0.868. The fourth-order valence-corrected chi connectivity index (χ4v) is 2.95. The average Bonchev–Trinajstić information content (AvgIpc) is 2.40. The molecule has 3 nitrogen and oxygen atoms in total. The molecule has 0 amide bonds. The third kappa shape index (κ3) is 4.65. The number of nitrogens with one attached hydrogen (secondary N) is 1. The molecule has 112 valence electrons. The van der Waals surface area contributed by atoms with Gasteiger partial charge in [-0.3, -0.25) is 0 Å². The van der Waals surface area contributed by atoms with Crippen molar-refractivity contribution in [3.05, 3.63) is 28.8 Å². The van der Waals surface area contributed by atoms with Crippen LogP contribution < -0.4 is 9.64 Å². The molecule has 0 saturated carbocycles. The van der Waals surface area contributed by atoms with Crippen molar-refractivity contribution in [3.63, 3.8) is 0 Å². The summed E-state index contributed by atoms with van der Waals surface area (Å²) < 4.78 is 5.69. The molecule has 2 rings (SSSR count). The summed E-state index contributed by atoms with van der Waals surface area (Å²) in [5, 5.41) is 10.8. The molecule has 0 aromatic heterocycles. The maximum absolute atomic E-state index is 10.1. The lowest BCUT2D eigenvalue weighted by molar-refractivity contribution is -0.909. The first kappa shape index (κ1) is 15.6. The van der Waals surface area contributed by atoms with Gasteiger partial charge in [0.15, 0.2) is 0 Å². The number of benzene rings is 1. The predicted octanol–water partition coefficient (Wildman–Crippen LogP) is 1.70. The summed E-state index contributed by atoms with van der Waals surface area (Å²) in [6.45, 7) is 7.72. The molecular formula is C16H25ClNO2+. The summed E-state index contributed by atoms with van der Waals surface area (Å²) in [5.74, 6) is 1.64. The number of halogens is 1. The molecule has 1 fully saturated rings. The van der Waals surface area contributed by atoms with Gasteiger partial charge in [0, 0.05) is 5.02 Å². The van der Waals surface area contributed by atoms with Crippen LogP contribution in [0.1, 0.15) is 25.3 Å². The Hall–Kier alpha value is -0.770. The van der Waals surface area contributed by atoms with E-state index in [0.29, 0.717) is 11.6 Å². The third-order valence-electron chi connectivity index (χ3n) is 4.07. The normalized spacial score (nSPS) is 24.4. The third-order valence-corrected chi connectivity index (χ3v) is 4.31. The molecule has 1 aromatic rings. The minimum absolute atomic E-state index is 0.349. The molecule has 0 spiro atoms. The van der Waals surface area contributed by atoms with Crippen molar-refractivity contribution in [2.45, 2.75) is 32.8 Å². The van der Waals surface area contributed by atoms with E-state index in [4.69, 9.17) is 16.3 Å². The van der Waals surface area contributed by atoms with Crippen molar-refractivity contribution in [1.82, 2.24) is 0 Å². The Morgan fingerprint density at radius 1 is 1.40 bits per heavy atom. The summed E-state index contributed by atoms with van der Waals surface area (Å²) in [5.41, 5.74) is 1.00. The molecule has 20 heavy (non-hydrogen) atoms. The lowest BCUT2D eigenvalue weighted by Crippen LogP contribution is -3.14. The van der Waals surface area contributed by atoms with E-state index < -0.39 is 6.10 Å². The van der Waals surface area contributed by atoms with Gasteiger partial charge in [0.25, 0.3) is 0 Å². The van der Waals surface area contributed by atoms with Crippen LogP contribution in [-0.2, 0) is 0 Å². The number of quaternary nitrogens is 1. The van der Waals surface area contributed by atoms with Gasteiger partial charge in [0.2, 0.25) is 0 Å². The van der Waals surface area contributed by atoms with Gasteiger partial charge in [-0.25, -0.2) is 0 Å². The highest BCUT2D eigenvalue weighted by Gasteiger charge is 2.21. The number of aliphatic hydroxyl groups is 1. The molecule has 1 unspecified atom stereocenters. The molecule has 1 heterocycles. The Bertz CT molecular complexity index is 430. The van der Waals surface area contributed by atoms with E-state index in [1.54, 1.807) is 0 Å². The molecule has 1 aromatic carbocycles. The van der Waals surface area contributed by atoms with E-state index in [-0.39, 0.29) is 0 Å². The zero-order chi connectivity index (χ0) is 14.5. The number of hydrogen-bond acceptors (Lipinski definition) is 2. The van der Waals surface area contributed by atoms with E-state index in [1.165, 1.54) is 17.7 Å². The van der Waals surface area contributed by atoms with E-state index in [2.05, 4.69) is 6.92 Å². The van der Waals surface area contributed by atoms with Crippen LogP contribution in [0.2, 0.25) is 5.02 Å². The molecule has 1 aliphatic rings. The van der Waals surface area contributed by atoms with Gasteiger partial charge in [-0.05, 0) is 49.4 Å². The van der Waals surface area contributed by atoms with Crippen LogP contribution in [0.15, 0.2) is 18.2 Å². The van der Waals surface area contributed by atoms with Crippen LogP contribution in [0.4, 0.5) is 0 Å². The minimum atomic E-state index is -0.409. The molecule has 0 bridgehead atoms. The Kier molecular flexibility index (Phi) is 5.70. The Balaban J connectivity index is 1.76. The largest absolute Gasteiger partial charge is 0.490 e. The van der Waals surface area contributed by atoms with Crippen molar-refractivity contribution >= 4 is 11.6 Å². The van der Waals surface area contributed by atoms with Gasteiger partial charge >= 0.3 is 0 Å². The Labute approximate surface area is 126 Å². The van der Waals surface area contributed by atoms with Gasteiger partial charge in [-0.1, -0.05) is 18.5 Å². The fraction of sp³-hybridized carbons (Fsp3) is 0.625. The summed E-state index contributed by atoms with van der Waals surface area (Å²) >= 11 is 5.91. The second-order valence-electron chi connectivity index (χ2n) is 6.01. The lowest BCUT2D eigenvalue weighted by Gasteiger charge is -2.28. The van der Waals surface area contributed by atoms with Gasteiger partial charge in [0.05, 0.1) is 13.1 Å². The highest BCUT2D eigenvalue weighted by molar-refractivity contribution is 6.30. The van der Waals surface area contributed by atoms with Crippen molar-refractivity contribution in [3.8, 4) is 5.75 Å². The summed E-state index contributed by atoms with van der Waals surface area (Å²) in [4.78, 5) is 1.49. The number of piperidine rings is 1. The van der Waals surface area contributed by atoms with Crippen molar-refractivity contribution in [1.29, 1.82) is 0 Å². The number of aryl methyl sites for hydroxylation is 1. The van der Waals surface area contributed by atoms with Crippen molar-refractivity contribution < 1.29 is 14.7 Å². The van der Waals surface area contributed by atoms with Crippen LogP contribution >= 0.6 is 11.6 Å². The topological polar surface area (TPSA) is 33.9 Å². The number of hydrogen-bond donors (Lipinski definition) is 2. The van der Waals surface area contributed by atoms with Crippen molar-refractivity contribution in [2.24, 2.45) is 5.92 Å². The van der Waals surface area contributed by atoms with E-state index >= 15 is 0 Å². The Morgan fingerprint density at radius 2 is 2.10 bits per heavy atom. The first-order valence-corrected chi connectivity index (χ1v) is 7.83. The smallest absolute Gasteiger partial charge is 0.137 e. The maximum Gasteiger partial charge on any atom is 0.137 e. The zero-order valence-electron chi connectivity index (χ0n) is 12.4. The van der Waals surface area contributed by atoms with Crippen LogP contribution in [0.25, 0.3) is 0 Å². The SMILES string of the molecule is Cc1cc(Cl)ccc1OCC(O)C[NH+]1CCC(C)CC1. The van der Waals surface area contributed by atoms with E-state index in [9.17, 15) is 5.11 Å². The fourth-order valence-electron chi connectivity index (χ4n) is 2.73. The second kappa shape index (κ2) is 7.30. The Morgan fingerprint density at radius 3 is 2.75 bits per heavy atom. The lowest BCUT2D eigenvalue weighted by atomic mass is 9.99. The molecule has 0 radical (unpaired) electrons. The minimum Gasteiger partial charge on any atom is -0.490 e. The first-order valence-electron chi connectivity index (χ1n) is 7.45. The van der Waals surface area contributed by atoms with Gasteiger partial charge in [-0.2, -0.15) is 0 Å². The zero-order valence-corrected chi connectivity index (χ0v) is 13.1. The van der Waals surface area contributed by atoms with E-state index in [0.717, 1.165) is 36.9 Å². The predicted molar refractivity (Wildman–Crippen MR) is 81.7 cm³/mol. The van der Waals surface area contributed by atoms with Gasteiger partial charge in [-0.15, -0.1) is 0 Å². The van der Waals surface area contributed by atoms with Crippen LogP contribution in [-0.4, -0.2) is 37.5 Å². The number of aliphatic hydroxyl groups excluding tert-OH is 1. The van der Waals surface area contributed by atoms with Gasteiger partial charge in [0.1, 0.15) is 25.0 Å². The first-order chi connectivity index (χ1) is 9.54. The van der Waals surface area contributed by atoms with Crippen LogP contribution in [0.5, 0.6) is 5.75 Å². The number of likely N-dealkylation sites (tertiary alicyclic amines) is 1. The molecule has 0 aliphatic carbocycles. The summed E-state index contributed by atoms with van der Waals surface area (Å²) in [6.07, 6.45) is 2.12. The second-order valence-corrected chi connectivity index (χ2v) is 6.45. The molecule has 4 heteroatoms. The molecule has 1 aliphatic heterocycles. The highest BCUT2D eigenvalue weighted by Crippen LogP contribution is 2.21. The maximum atomic E-state index is 10.1. The highest BCUT2D eigenvalue weighted by atomic mass is 35.5. The summed E-state index contributed by atoms with van der Waals surface area (Å²) in [7, 11) is 0. The molecular weight excluding hydrogens is 274 g/mol. The van der Waals surface area contributed by atoms with Crippen LogP contribution in [0.3, 0.4) is 0 Å². The summed E-state index contributed by atoms with van der Waals surface area (Å²) in [6, 6.07) is 5.55.